The zero-order valence-corrected chi connectivity index (χ0v) is 19.3. The number of rotatable bonds is 4. The van der Waals surface area contributed by atoms with Crippen molar-refractivity contribution in [1.29, 1.82) is 0 Å². The lowest BCUT2D eigenvalue weighted by atomic mass is 9.86. The van der Waals surface area contributed by atoms with Gasteiger partial charge in [0.2, 0.25) is 5.91 Å². The number of hydrogen-bond donors (Lipinski definition) is 1. The van der Waals surface area contributed by atoms with Gasteiger partial charge in [-0.15, -0.1) is 23.1 Å². The van der Waals surface area contributed by atoms with Crippen molar-refractivity contribution in [1.82, 2.24) is 19.8 Å². The Morgan fingerprint density at radius 2 is 2.10 bits per heavy atom. The van der Waals surface area contributed by atoms with Gasteiger partial charge in [0.1, 0.15) is 4.87 Å². The van der Waals surface area contributed by atoms with Crippen molar-refractivity contribution in [2.24, 2.45) is 5.92 Å². The molecule has 1 aliphatic heterocycles. The van der Waals surface area contributed by atoms with E-state index in [0.29, 0.717) is 5.92 Å². The molecule has 3 atom stereocenters. The molecule has 31 heavy (non-hydrogen) atoms. The molecular formula is C23H26N4O2S2. The van der Waals surface area contributed by atoms with E-state index in [1.807, 2.05) is 53.2 Å². The van der Waals surface area contributed by atoms with E-state index in [-0.39, 0.29) is 28.4 Å². The average Bonchev–Trinajstić information content (AvgIpc) is 3.39. The number of nitrogens with zero attached hydrogens (tertiary/aromatic N) is 3. The van der Waals surface area contributed by atoms with Gasteiger partial charge in [-0.1, -0.05) is 43.7 Å². The summed E-state index contributed by atoms with van der Waals surface area (Å²) >= 11 is 3.23. The molecule has 8 heteroatoms. The fraction of sp³-hybridized carbons (Fsp3) is 0.435. The SMILES string of the molecule is CC1CCCC2(C1)SC(C)C(=O)N2NC(=O)Cc1csc2nc(-c3ccccc3)cn12. The van der Waals surface area contributed by atoms with Crippen LogP contribution in [0, 0.1) is 5.92 Å². The molecule has 1 N–H and O–H groups in total. The fourth-order valence-electron chi connectivity index (χ4n) is 4.79. The molecule has 2 fully saturated rings. The van der Waals surface area contributed by atoms with Crippen LogP contribution in [0.15, 0.2) is 41.9 Å². The third kappa shape index (κ3) is 3.76. The van der Waals surface area contributed by atoms with E-state index in [2.05, 4.69) is 12.3 Å². The molecule has 1 saturated carbocycles. The van der Waals surface area contributed by atoms with Crippen LogP contribution in [0.3, 0.4) is 0 Å². The smallest absolute Gasteiger partial charge is 0.255 e. The highest BCUT2D eigenvalue weighted by atomic mass is 32.2. The van der Waals surface area contributed by atoms with Gasteiger partial charge in [0.15, 0.2) is 4.96 Å². The minimum absolute atomic E-state index is 0.0110. The predicted molar refractivity (Wildman–Crippen MR) is 125 cm³/mol. The van der Waals surface area contributed by atoms with Crippen molar-refractivity contribution in [3.63, 3.8) is 0 Å². The molecule has 0 bridgehead atoms. The number of thioether (sulfide) groups is 1. The fourth-order valence-corrected chi connectivity index (χ4v) is 7.41. The lowest BCUT2D eigenvalue weighted by Gasteiger charge is -2.42. The molecule has 2 amide bonds. The van der Waals surface area contributed by atoms with E-state index in [1.54, 1.807) is 16.8 Å². The van der Waals surface area contributed by atoms with Crippen molar-refractivity contribution >= 4 is 39.9 Å². The van der Waals surface area contributed by atoms with Crippen LogP contribution in [0.25, 0.3) is 16.2 Å². The highest BCUT2D eigenvalue weighted by Gasteiger charge is 2.52. The number of carbonyl (C=O) groups excluding carboxylic acids is 2. The Bertz CT molecular complexity index is 1130. The summed E-state index contributed by atoms with van der Waals surface area (Å²) in [6, 6.07) is 10.0. The van der Waals surface area contributed by atoms with E-state index < -0.39 is 0 Å². The number of nitrogens with one attached hydrogen (secondary N) is 1. The zero-order chi connectivity index (χ0) is 21.6. The second kappa shape index (κ2) is 7.98. The zero-order valence-electron chi connectivity index (χ0n) is 17.7. The number of aromatic nitrogens is 2. The quantitative estimate of drug-likeness (QED) is 0.630. The molecule has 5 rings (SSSR count). The summed E-state index contributed by atoms with van der Waals surface area (Å²) in [6.07, 6.45) is 6.32. The first kappa shape index (κ1) is 20.6. The van der Waals surface area contributed by atoms with Crippen LogP contribution in [0.4, 0.5) is 0 Å². The maximum Gasteiger partial charge on any atom is 0.255 e. The number of amides is 2. The summed E-state index contributed by atoms with van der Waals surface area (Å²) in [4.78, 5) is 31.1. The van der Waals surface area contributed by atoms with Gasteiger partial charge in [-0.3, -0.25) is 19.4 Å². The minimum Gasteiger partial charge on any atom is -0.294 e. The summed E-state index contributed by atoms with van der Waals surface area (Å²) in [5, 5.41) is 3.51. The molecule has 1 aliphatic carbocycles. The Labute approximate surface area is 190 Å². The number of hydrazine groups is 1. The van der Waals surface area contributed by atoms with Gasteiger partial charge in [-0.05, 0) is 32.1 Å². The van der Waals surface area contributed by atoms with Crippen LogP contribution < -0.4 is 5.43 Å². The Kier molecular flexibility index (Phi) is 5.30. The number of benzene rings is 1. The highest BCUT2D eigenvalue weighted by molar-refractivity contribution is 8.02. The number of hydrogen-bond acceptors (Lipinski definition) is 5. The van der Waals surface area contributed by atoms with Crippen LogP contribution in [0.2, 0.25) is 0 Å². The summed E-state index contributed by atoms with van der Waals surface area (Å²) < 4.78 is 1.98. The minimum atomic E-state index is -0.302. The maximum atomic E-state index is 13.0. The van der Waals surface area contributed by atoms with Crippen LogP contribution in [-0.2, 0) is 16.0 Å². The Morgan fingerprint density at radius 3 is 2.87 bits per heavy atom. The second-order valence-corrected chi connectivity index (χ2v) is 11.2. The second-order valence-electron chi connectivity index (χ2n) is 8.66. The largest absolute Gasteiger partial charge is 0.294 e. The average molecular weight is 455 g/mol. The van der Waals surface area contributed by atoms with Gasteiger partial charge < -0.3 is 0 Å². The molecule has 1 saturated heterocycles. The van der Waals surface area contributed by atoms with Gasteiger partial charge in [0.25, 0.3) is 5.91 Å². The molecule has 1 aromatic carbocycles. The van der Waals surface area contributed by atoms with Crippen molar-refractivity contribution in [3.05, 3.63) is 47.6 Å². The number of thiazole rings is 1. The Balaban J connectivity index is 1.35. The molecule has 6 nitrogen and oxygen atoms in total. The monoisotopic (exact) mass is 454 g/mol. The van der Waals surface area contributed by atoms with Gasteiger partial charge in [-0.2, -0.15) is 0 Å². The van der Waals surface area contributed by atoms with Crippen LogP contribution >= 0.6 is 23.1 Å². The number of imidazole rings is 1. The summed E-state index contributed by atoms with van der Waals surface area (Å²) in [5.74, 6) is 0.407. The third-order valence-electron chi connectivity index (χ3n) is 6.23. The first-order valence-corrected chi connectivity index (χ1v) is 12.5. The van der Waals surface area contributed by atoms with Crippen LogP contribution in [-0.4, -0.2) is 36.3 Å². The van der Waals surface area contributed by atoms with Crippen LogP contribution in [0.1, 0.15) is 45.2 Å². The van der Waals surface area contributed by atoms with E-state index in [0.717, 1.165) is 41.2 Å². The molecule has 0 radical (unpaired) electrons. The van der Waals surface area contributed by atoms with Gasteiger partial charge in [-0.25, -0.2) is 9.99 Å². The molecule has 162 valence electrons. The standard InChI is InChI=1S/C23H26N4O2S2/c1-15-7-6-10-23(12-15)27(21(29)16(2)31-23)25-20(28)11-18-14-30-22-24-19(13-26(18)22)17-8-4-3-5-9-17/h3-5,8-9,13-16H,6-7,10-12H2,1-2H3,(H,25,28). The van der Waals surface area contributed by atoms with Crippen LogP contribution in [0.5, 0.6) is 0 Å². The molecule has 2 aromatic heterocycles. The van der Waals surface area contributed by atoms with Crippen molar-refractivity contribution in [2.45, 2.75) is 56.1 Å². The summed E-state index contributed by atoms with van der Waals surface area (Å²) in [6.45, 7) is 4.18. The molecule has 3 aromatic rings. The van der Waals surface area contributed by atoms with Gasteiger partial charge in [0, 0.05) is 22.8 Å². The highest BCUT2D eigenvalue weighted by Crippen LogP contribution is 2.50. The number of carbonyl (C=O) groups is 2. The Hall–Kier alpha value is -2.32. The maximum absolute atomic E-state index is 13.0. The van der Waals surface area contributed by atoms with Crippen molar-refractivity contribution in [3.8, 4) is 11.3 Å². The molecule has 1 spiro atoms. The van der Waals surface area contributed by atoms with Gasteiger partial charge in [0.05, 0.1) is 17.4 Å². The van der Waals surface area contributed by atoms with Crippen molar-refractivity contribution < 1.29 is 9.59 Å². The lowest BCUT2D eigenvalue weighted by molar-refractivity contribution is -0.144. The van der Waals surface area contributed by atoms with E-state index in [1.165, 1.54) is 17.8 Å². The van der Waals surface area contributed by atoms with Gasteiger partial charge >= 0.3 is 0 Å². The molecule has 3 heterocycles. The molecule has 2 aliphatic rings. The Morgan fingerprint density at radius 1 is 1.29 bits per heavy atom. The lowest BCUT2D eigenvalue weighted by Crippen LogP contribution is -2.56. The predicted octanol–water partition coefficient (Wildman–Crippen LogP) is 4.51. The summed E-state index contributed by atoms with van der Waals surface area (Å²) in [7, 11) is 0. The van der Waals surface area contributed by atoms with E-state index >= 15 is 0 Å². The third-order valence-corrected chi connectivity index (χ3v) is 8.67. The van der Waals surface area contributed by atoms with E-state index in [4.69, 9.17) is 4.98 Å². The summed E-state index contributed by atoms with van der Waals surface area (Å²) in [5.41, 5.74) is 5.80. The topological polar surface area (TPSA) is 66.7 Å². The molecular weight excluding hydrogens is 428 g/mol. The first-order chi connectivity index (χ1) is 14.9. The normalized spacial score (nSPS) is 26.1. The van der Waals surface area contributed by atoms with Crippen molar-refractivity contribution in [2.75, 3.05) is 0 Å². The molecule has 3 unspecified atom stereocenters. The van der Waals surface area contributed by atoms with E-state index in [9.17, 15) is 9.59 Å². The number of fused-ring (bicyclic) bond motifs is 1. The first-order valence-electron chi connectivity index (χ1n) is 10.8.